The molecule has 0 bridgehead atoms. The largest absolute Gasteiger partial charge is 0.386 e. The standard InChI is InChI=1S/C6H9NO4/c7-5(10)6(11)2-1-3(8)4(6)9/h1-4,8-9,11H,(H2,7,10)/t3-,4+,6?/m1/s1. The van der Waals surface area contributed by atoms with Gasteiger partial charge in [-0.15, -0.1) is 0 Å². The van der Waals surface area contributed by atoms with Crippen molar-refractivity contribution in [1.29, 1.82) is 0 Å². The molecule has 0 aromatic carbocycles. The molecule has 5 heteroatoms. The maximum atomic E-state index is 10.5. The summed E-state index contributed by atoms with van der Waals surface area (Å²) in [4.78, 5) is 10.5. The molecular weight excluding hydrogens is 150 g/mol. The predicted octanol–water partition coefficient (Wildman–Crippen LogP) is -2.51. The van der Waals surface area contributed by atoms with Gasteiger partial charge < -0.3 is 21.1 Å². The van der Waals surface area contributed by atoms with E-state index in [2.05, 4.69) is 0 Å². The van der Waals surface area contributed by atoms with Crippen molar-refractivity contribution >= 4 is 5.91 Å². The molecule has 0 radical (unpaired) electrons. The lowest BCUT2D eigenvalue weighted by molar-refractivity contribution is -0.144. The number of nitrogens with two attached hydrogens (primary N) is 1. The van der Waals surface area contributed by atoms with E-state index in [0.29, 0.717) is 0 Å². The van der Waals surface area contributed by atoms with Gasteiger partial charge in [-0.2, -0.15) is 0 Å². The maximum absolute atomic E-state index is 10.5. The van der Waals surface area contributed by atoms with Gasteiger partial charge in [0.25, 0.3) is 5.91 Å². The lowest BCUT2D eigenvalue weighted by Crippen LogP contribution is -2.52. The van der Waals surface area contributed by atoms with Crippen LogP contribution in [0.15, 0.2) is 12.2 Å². The highest BCUT2D eigenvalue weighted by molar-refractivity contribution is 5.87. The van der Waals surface area contributed by atoms with E-state index in [-0.39, 0.29) is 0 Å². The van der Waals surface area contributed by atoms with Crippen molar-refractivity contribution in [1.82, 2.24) is 0 Å². The third-order valence-corrected chi connectivity index (χ3v) is 1.72. The van der Waals surface area contributed by atoms with Gasteiger partial charge in [0, 0.05) is 0 Å². The van der Waals surface area contributed by atoms with Crippen LogP contribution in [0.25, 0.3) is 0 Å². The van der Waals surface area contributed by atoms with Crippen LogP contribution < -0.4 is 5.73 Å². The zero-order valence-electron chi connectivity index (χ0n) is 5.64. The smallest absolute Gasteiger partial charge is 0.256 e. The fraction of sp³-hybridized carbons (Fsp3) is 0.500. The first-order chi connectivity index (χ1) is 4.98. The Kier molecular flexibility index (Phi) is 1.71. The Hall–Kier alpha value is -0.910. The van der Waals surface area contributed by atoms with E-state index < -0.39 is 23.7 Å². The van der Waals surface area contributed by atoms with E-state index in [1.54, 1.807) is 0 Å². The molecule has 0 aliphatic heterocycles. The quantitative estimate of drug-likeness (QED) is 0.317. The molecule has 1 rings (SSSR count). The minimum atomic E-state index is -2.11. The number of aliphatic hydroxyl groups is 3. The van der Waals surface area contributed by atoms with Crippen LogP contribution in [-0.2, 0) is 4.79 Å². The molecule has 0 fully saturated rings. The van der Waals surface area contributed by atoms with E-state index in [0.717, 1.165) is 12.2 Å². The Balaban J connectivity index is 2.90. The summed E-state index contributed by atoms with van der Waals surface area (Å²) in [5, 5.41) is 27.1. The van der Waals surface area contributed by atoms with Gasteiger partial charge in [0.15, 0.2) is 5.60 Å². The highest BCUT2D eigenvalue weighted by atomic mass is 16.4. The van der Waals surface area contributed by atoms with Gasteiger partial charge >= 0.3 is 0 Å². The summed E-state index contributed by atoms with van der Waals surface area (Å²) in [6.45, 7) is 0. The van der Waals surface area contributed by atoms with Crippen LogP contribution in [-0.4, -0.2) is 39.0 Å². The lowest BCUT2D eigenvalue weighted by atomic mass is 9.99. The molecule has 62 valence electrons. The van der Waals surface area contributed by atoms with Gasteiger partial charge in [-0.3, -0.25) is 4.79 Å². The molecule has 0 saturated carbocycles. The summed E-state index contributed by atoms with van der Waals surface area (Å²) in [5.74, 6) is -1.07. The number of hydrogen-bond acceptors (Lipinski definition) is 4. The second-order valence-electron chi connectivity index (χ2n) is 2.48. The van der Waals surface area contributed by atoms with E-state index in [9.17, 15) is 9.90 Å². The van der Waals surface area contributed by atoms with Crippen molar-refractivity contribution in [2.45, 2.75) is 17.8 Å². The molecule has 1 aliphatic carbocycles. The van der Waals surface area contributed by atoms with Crippen LogP contribution in [0, 0.1) is 0 Å². The van der Waals surface area contributed by atoms with Crippen LogP contribution in [0.3, 0.4) is 0 Å². The second-order valence-corrected chi connectivity index (χ2v) is 2.48. The fourth-order valence-electron chi connectivity index (χ4n) is 0.937. The Bertz CT molecular complexity index is 215. The van der Waals surface area contributed by atoms with Gasteiger partial charge in [0.2, 0.25) is 0 Å². The van der Waals surface area contributed by atoms with Crippen molar-refractivity contribution in [3.63, 3.8) is 0 Å². The molecule has 1 amide bonds. The number of aliphatic hydroxyl groups excluding tert-OH is 2. The molecule has 1 unspecified atom stereocenters. The average Bonchev–Trinajstić information content (AvgIpc) is 2.18. The summed E-state index contributed by atoms with van der Waals surface area (Å²) in [6, 6.07) is 0. The van der Waals surface area contributed by atoms with Crippen molar-refractivity contribution < 1.29 is 20.1 Å². The first-order valence-corrected chi connectivity index (χ1v) is 3.06. The van der Waals surface area contributed by atoms with Gasteiger partial charge in [0.1, 0.15) is 12.2 Å². The molecule has 3 atom stereocenters. The fourth-order valence-corrected chi connectivity index (χ4v) is 0.937. The van der Waals surface area contributed by atoms with Gasteiger partial charge in [-0.05, 0) is 6.08 Å². The van der Waals surface area contributed by atoms with E-state index in [1.165, 1.54) is 0 Å². The minimum absolute atomic E-state index is 0.991. The normalized spacial score (nSPS) is 42.8. The molecule has 5 N–H and O–H groups in total. The van der Waals surface area contributed by atoms with Crippen molar-refractivity contribution in [3.8, 4) is 0 Å². The Labute approximate surface area is 62.8 Å². The monoisotopic (exact) mass is 159 g/mol. The summed E-state index contributed by atoms with van der Waals surface area (Å²) in [5.41, 5.74) is 2.66. The first-order valence-electron chi connectivity index (χ1n) is 3.06. The number of rotatable bonds is 1. The minimum Gasteiger partial charge on any atom is -0.386 e. The molecule has 0 heterocycles. The van der Waals surface area contributed by atoms with Crippen LogP contribution in [0.4, 0.5) is 0 Å². The molecule has 1 aliphatic rings. The van der Waals surface area contributed by atoms with Crippen molar-refractivity contribution in [2.75, 3.05) is 0 Å². The van der Waals surface area contributed by atoms with Crippen molar-refractivity contribution in [2.24, 2.45) is 5.73 Å². The SMILES string of the molecule is NC(=O)C1(O)C=C[C@@H](O)[C@@H]1O. The van der Waals surface area contributed by atoms with Crippen LogP contribution in [0.2, 0.25) is 0 Å². The molecule has 0 aromatic rings. The van der Waals surface area contributed by atoms with E-state index >= 15 is 0 Å². The highest BCUT2D eigenvalue weighted by Crippen LogP contribution is 2.22. The number of primary amides is 1. The Morgan fingerprint density at radius 3 is 2.27 bits per heavy atom. The van der Waals surface area contributed by atoms with E-state index in [4.69, 9.17) is 15.9 Å². The predicted molar refractivity (Wildman–Crippen MR) is 35.3 cm³/mol. The second kappa shape index (κ2) is 2.30. The molecule has 5 nitrogen and oxygen atoms in total. The zero-order chi connectivity index (χ0) is 8.65. The summed E-state index contributed by atoms with van der Waals surface area (Å²) >= 11 is 0. The van der Waals surface area contributed by atoms with Crippen LogP contribution in [0.5, 0.6) is 0 Å². The van der Waals surface area contributed by atoms with Gasteiger partial charge in [-0.1, -0.05) is 6.08 Å². The molecular formula is C6H9NO4. The summed E-state index contributed by atoms with van der Waals surface area (Å²) in [7, 11) is 0. The third-order valence-electron chi connectivity index (χ3n) is 1.72. The van der Waals surface area contributed by atoms with E-state index in [1.807, 2.05) is 0 Å². The average molecular weight is 159 g/mol. The van der Waals surface area contributed by atoms with Crippen LogP contribution in [0.1, 0.15) is 0 Å². The van der Waals surface area contributed by atoms with Crippen LogP contribution >= 0.6 is 0 Å². The lowest BCUT2D eigenvalue weighted by Gasteiger charge is -2.22. The van der Waals surface area contributed by atoms with Gasteiger partial charge in [0.05, 0.1) is 0 Å². The number of amides is 1. The topological polar surface area (TPSA) is 104 Å². The molecule has 0 aromatic heterocycles. The molecule has 0 saturated heterocycles. The molecule has 0 spiro atoms. The summed E-state index contributed by atoms with van der Waals surface area (Å²) in [6.07, 6.45) is -0.674. The third kappa shape index (κ3) is 1.03. The van der Waals surface area contributed by atoms with Gasteiger partial charge in [-0.25, -0.2) is 0 Å². The summed E-state index contributed by atoms with van der Waals surface area (Å²) < 4.78 is 0. The maximum Gasteiger partial charge on any atom is 0.256 e. The Morgan fingerprint density at radius 2 is 2.09 bits per heavy atom. The first kappa shape index (κ1) is 8.19. The van der Waals surface area contributed by atoms with Crippen molar-refractivity contribution in [3.05, 3.63) is 12.2 Å². The highest BCUT2D eigenvalue weighted by Gasteiger charge is 2.46. The zero-order valence-corrected chi connectivity index (χ0v) is 5.64. The Morgan fingerprint density at radius 1 is 1.55 bits per heavy atom. The number of hydrogen-bond donors (Lipinski definition) is 4. The number of carbonyl (C=O) groups is 1. The molecule has 11 heavy (non-hydrogen) atoms. The number of carbonyl (C=O) groups excluding carboxylic acids is 1.